The van der Waals surface area contributed by atoms with Gasteiger partial charge in [-0.1, -0.05) is 11.6 Å². The van der Waals surface area contributed by atoms with Gasteiger partial charge in [-0.2, -0.15) is 0 Å². The highest BCUT2D eigenvalue weighted by Gasteiger charge is 2.30. The lowest BCUT2D eigenvalue weighted by Gasteiger charge is -2.20. The van der Waals surface area contributed by atoms with Crippen molar-refractivity contribution >= 4 is 28.4 Å². The number of hydrogen-bond donors (Lipinski definition) is 1. The molecule has 0 unspecified atom stereocenters. The normalized spacial score (nSPS) is 19.3. The summed E-state index contributed by atoms with van der Waals surface area (Å²) in [4.78, 5) is 21.6. The molecule has 3 heterocycles. The van der Waals surface area contributed by atoms with Crippen molar-refractivity contribution in [2.75, 3.05) is 13.2 Å². The zero-order chi connectivity index (χ0) is 18.8. The van der Waals surface area contributed by atoms with Gasteiger partial charge in [-0.05, 0) is 55.3 Å². The lowest BCUT2D eigenvalue weighted by atomic mass is 9.95. The van der Waals surface area contributed by atoms with E-state index in [1.807, 2.05) is 31.2 Å². The summed E-state index contributed by atoms with van der Waals surface area (Å²) in [5.41, 5.74) is 3.35. The van der Waals surface area contributed by atoms with Gasteiger partial charge in [0.1, 0.15) is 0 Å². The highest BCUT2D eigenvalue weighted by Crippen LogP contribution is 2.24. The lowest BCUT2D eigenvalue weighted by molar-refractivity contribution is 0.0926. The minimum absolute atomic E-state index is 0.0339. The minimum Gasteiger partial charge on any atom is -0.379 e. The van der Waals surface area contributed by atoms with Gasteiger partial charge >= 0.3 is 0 Å². The Morgan fingerprint density at radius 1 is 1.22 bits per heavy atom. The zero-order valence-electron chi connectivity index (χ0n) is 15.0. The first-order chi connectivity index (χ1) is 13.1. The maximum Gasteiger partial charge on any atom is 0.252 e. The molecule has 2 atom stereocenters. The Morgan fingerprint density at radius 3 is 2.85 bits per heavy atom. The van der Waals surface area contributed by atoms with E-state index in [0.29, 0.717) is 23.8 Å². The molecule has 1 aliphatic rings. The summed E-state index contributed by atoms with van der Waals surface area (Å²) in [5.74, 6) is 0.108. The van der Waals surface area contributed by atoms with E-state index in [9.17, 15) is 4.79 Å². The van der Waals surface area contributed by atoms with Crippen molar-refractivity contribution in [3.8, 4) is 0 Å². The first-order valence-electron chi connectivity index (χ1n) is 8.94. The van der Waals surface area contributed by atoms with Gasteiger partial charge in [-0.25, -0.2) is 0 Å². The number of amides is 1. The molecule has 0 bridgehead atoms. The Labute approximate surface area is 162 Å². The molecule has 27 heavy (non-hydrogen) atoms. The van der Waals surface area contributed by atoms with Crippen molar-refractivity contribution in [1.29, 1.82) is 0 Å². The fourth-order valence-electron chi connectivity index (χ4n) is 3.55. The van der Waals surface area contributed by atoms with Crippen LogP contribution in [0.5, 0.6) is 0 Å². The number of hydrogen-bond acceptors (Lipinski definition) is 4. The van der Waals surface area contributed by atoms with Crippen LogP contribution < -0.4 is 5.32 Å². The van der Waals surface area contributed by atoms with Crippen LogP contribution >= 0.6 is 11.6 Å². The van der Waals surface area contributed by atoms with Gasteiger partial charge in [0.25, 0.3) is 5.91 Å². The summed E-state index contributed by atoms with van der Waals surface area (Å²) in [6.45, 7) is 3.04. The van der Waals surface area contributed by atoms with Gasteiger partial charge in [-0.15, -0.1) is 0 Å². The second-order valence-electron chi connectivity index (χ2n) is 6.91. The molecule has 1 N–H and O–H groups in total. The molecule has 3 aromatic rings. The summed E-state index contributed by atoms with van der Waals surface area (Å²) in [6.07, 6.45) is 4.41. The molecule has 138 valence electrons. The molecule has 5 nitrogen and oxygen atoms in total. The highest BCUT2D eigenvalue weighted by molar-refractivity contribution is 6.31. The standard InChI is InChI=1S/C21H20ClN3O2/c1-13-8-18(17-10-16(22)2-3-19(17)24-13)21(26)25-20-12-27-11-15(20)9-14-4-6-23-7-5-14/h2-8,10,15,20H,9,11-12H2,1H3,(H,25,26)/t15-,20-/m1/s1. The van der Waals surface area contributed by atoms with Gasteiger partial charge < -0.3 is 10.1 Å². The fourth-order valence-corrected chi connectivity index (χ4v) is 3.72. The van der Waals surface area contributed by atoms with Gasteiger partial charge in [0.05, 0.1) is 30.3 Å². The van der Waals surface area contributed by atoms with Crippen LogP contribution in [0.4, 0.5) is 0 Å². The molecule has 1 amide bonds. The number of ether oxygens (including phenoxy) is 1. The number of benzene rings is 1. The van der Waals surface area contributed by atoms with Crippen LogP contribution in [0.25, 0.3) is 10.9 Å². The summed E-state index contributed by atoms with van der Waals surface area (Å²) < 4.78 is 5.65. The Hall–Kier alpha value is -2.50. The van der Waals surface area contributed by atoms with E-state index in [-0.39, 0.29) is 17.9 Å². The number of pyridine rings is 2. The first kappa shape index (κ1) is 17.9. The van der Waals surface area contributed by atoms with Crippen molar-refractivity contribution in [3.05, 3.63) is 70.6 Å². The van der Waals surface area contributed by atoms with Gasteiger partial charge in [0, 0.05) is 34.4 Å². The SMILES string of the molecule is Cc1cc(C(=O)N[C@@H]2COC[C@H]2Cc2ccncc2)c2cc(Cl)ccc2n1. The van der Waals surface area contributed by atoms with Crippen molar-refractivity contribution < 1.29 is 9.53 Å². The Kier molecular flexibility index (Phi) is 5.05. The van der Waals surface area contributed by atoms with Crippen LogP contribution in [0.1, 0.15) is 21.6 Å². The third kappa shape index (κ3) is 3.94. The van der Waals surface area contributed by atoms with Crippen LogP contribution in [-0.4, -0.2) is 35.1 Å². The summed E-state index contributed by atoms with van der Waals surface area (Å²) in [7, 11) is 0. The molecule has 1 aromatic carbocycles. The number of nitrogens with one attached hydrogen (secondary N) is 1. The summed E-state index contributed by atoms with van der Waals surface area (Å²) in [5, 5.41) is 4.50. The predicted molar refractivity (Wildman–Crippen MR) is 105 cm³/mol. The maximum absolute atomic E-state index is 13.0. The highest BCUT2D eigenvalue weighted by atomic mass is 35.5. The van der Waals surface area contributed by atoms with Crippen LogP contribution in [-0.2, 0) is 11.2 Å². The molecule has 0 spiro atoms. The first-order valence-corrected chi connectivity index (χ1v) is 9.32. The Morgan fingerprint density at radius 2 is 2.04 bits per heavy atom. The molecular formula is C21H20ClN3O2. The van der Waals surface area contributed by atoms with Crippen molar-refractivity contribution in [3.63, 3.8) is 0 Å². The third-order valence-electron chi connectivity index (χ3n) is 4.91. The summed E-state index contributed by atoms with van der Waals surface area (Å²) in [6, 6.07) is 11.2. The number of halogens is 1. The molecule has 6 heteroatoms. The van der Waals surface area contributed by atoms with Crippen molar-refractivity contribution in [2.45, 2.75) is 19.4 Å². The van der Waals surface area contributed by atoms with E-state index in [2.05, 4.69) is 15.3 Å². The largest absolute Gasteiger partial charge is 0.379 e. The van der Waals surface area contributed by atoms with E-state index in [1.54, 1.807) is 24.5 Å². The number of carbonyl (C=O) groups is 1. The second-order valence-corrected chi connectivity index (χ2v) is 7.35. The average Bonchev–Trinajstić information content (AvgIpc) is 3.09. The maximum atomic E-state index is 13.0. The number of aryl methyl sites for hydroxylation is 1. The van der Waals surface area contributed by atoms with Crippen LogP contribution in [0, 0.1) is 12.8 Å². The van der Waals surface area contributed by atoms with E-state index in [1.165, 1.54) is 5.56 Å². The molecule has 2 aromatic heterocycles. The topological polar surface area (TPSA) is 64.1 Å². The average molecular weight is 382 g/mol. The number of aromatic nitrogens is 2. The molecular weight excluding hydrogens is 362 g/mol. The van der Waals surface area contributed by atoms with Crippen LogP contribution in [0.3, 0.4) is 0 Å². The smallest absolute Gasteiger partial charge is 0.252 e. The molecule has 1 saturated heterocycles. The minimum atomic E-state index is -0.122. The lowest BCUT2D eigenvalue weighted by Crippen LogP contribution is -2.40. The molecule has 0 aliphatic carbocycles. The number of nitrogens with zero attached hydrogens (tertiary/aromatic N) is 2. The Bertz CT molecular complexity index is 978. The van der Waals surface area contributed by atoms with E-state index >= 15 is 0 Å². The number of carbonyl (C=O) groups excluding carboxylic acids is 1. The fraction of sp³-hybridized carbons (Fsp3) is 0.286. The number of fused-ring (bicyclic) bond motifs is 1. The quantitative estimate of drug-likeness (QED) is 0.750. The van der Waals surface area contributed by atoms with E-state index < -0.39 is 0 Å². The number of rotatable bonds is 4. The van der Waals surface area contributed by atoms with Crippen molar-refractivity contribution in [1.82, 2.24) is 15.3 Å². The van der Waals surface area contributed by atoms with Gasteiger partial charge in [0.2, 0.25) is 0 Å². The Balaban J connectivity index is 1.56. The predicted octanol–water partition coefficient (Wildman–Crippen LogP) is 3.58. The molecule has 4 rings (SSSR count). The van der Waals surface area contributed by atoms with Gasteiger partial charge in [0.15, 0.2) is 0 Å². The van der Waals surface area contributed by atoms with Crippen LogP contribution in [0.15, 0.2) is 48.8 Å². The van der Waals surface area contributed by atoms with Crippen LogP contribution in [0.2, 0.25) is 5.02 Å². The third-order valence-corrected chi connectivity index (χ3v) is 5.14. The van der Waals surface area contributed by atoms with Crippen molar-refractivity contribution in [2.24, 2.45) is 5.92 Å². The van der Waals surface area contributed by atoms with E-state index in [4.69, 9.17) is 16.3 Å². The van der Waals surface area contributed by atoms with Gasteiger partial charge in [-0.3, -0.25) is 14.8 Å². The zero-order valence-corrected chi connectivity index (χ0v) is 15.7. The second kappa shape index (κ2) is 7.62. The monoisotopic (exact) mass is 381 g/mol. The molecule has 1 fully saturated rings. The van der Waals surface area contributed by atoms with E-state index in [0.717, 1.165) is 23.0 Å². The molecule has 1 aliphatic heterocycles. The summed E-state index contributed by atoms with van der Waals surface area (Å²) >= 11 is 6.13. The molecule has 0 saturated carbocycles. The molecule has 0 radical (unpaired) electrons.